The monoisotopic (exact) mass is 1940 g/mol. The number of likely N-dealkylation sites (N-methyl/N-ethyl adjacent to an activating group) is 2. The van der Waals surface area contributed by atoms with E-state index in [0.29, 0.717) is 69.4 Å². The lowest BCUT2D eigenvalue weighted by Gasteiger charge is -2.52. The highest BCUT2D eigenvalue weighted by atomic mass is 32.2. The molecule has 35 nitrogen and oxygen atoms in total. The van der Waals surface area contributed by atoms with E-state index >= 15 is 4.79 Å². The Morgan fingerprint density at radius 1 is 0.526 bits per heavy atom. The summed E-state index contributed by atoms with van der Waals surface area (Å²) in [7, 11) is 1.64. The molecule has 2 aromatic carbocycles. The standard InChI is InChI=1S/C98H158N8O27S2/c1-27-77-97(18,115)85(109)58(6)75(107)37-40-93(14,121-22)90(133-80-46-72(44-57(5)126-80)103(20)41-38-69-52-105(101-99-69)50-66-29-33-73(34-30-66)134(25,117)118)62(10)84(63(11)92(114)130-77)131-81-49-95(16,88(112)65(13)128-81)124-54-68(67-31-35-74(36-32-67)135(26,119)120)51-106-53-70(100-102-106)39-42-104(21)71-43-56(4)125-79(45-71)132-89-59(7)82(76-48-94(15,122-23)87(111)64(12)127-76)60(8)91(113)129-78(28-2)98(19,116)86(110)61(9)83(108)55(3)47-96(89,17)123-24/h29-36,52-53,55-65,68,71-72,76-82,84-90,109-112,115-116H,27-28,37-51,54H2,1-26H3/t55-,56-,57-,58+,59+,60-,61+,62+,63-,64+,65+,68?,71+,72+,76-,77-,78-,79+,80+,81+,82?,84+,85-,86-,87+,88+,89-,90-,93-,94-,95-,96-,97-,98-/m1/s1. The summed E-state index contributed by atoms with van der Waals surface area (Å²) in [6, 6.07) is 13.0. The van der Waals surface area contributed by atoms with Crippen LogP contribution in [0.2, 0.25) is 0 Å². The molecule has 0 amide bonds. The first kappa shape index (κ1) is 111. The number of Topliss-reactive ketones (excluding diaryl/α,β-unsaturated/α-hetero) is 2. The van der Waals surface area contributed by atoms with Crippen molar-refractivity contribution in [2.75, 3.05) is 67.6 Å². The molecule has 37 heteroatoms. The van der Waals surface area contributed by atoms with E-state index in [1.54, 1.807) is 122 Å². The minimum Gasteiger partial charge on any atom is -0.459 e. The molecule has 2 unspecified atom stereocenters. The van der Waals surface area contributed by atoms with Crippen LogP contribution in [-0.4, -0.2) is 328 Å². The Hall–Kier alpha value is -5.86. The van der Waals surface area contributed by atoms with E-state index in [1.807, 2.05) is 68.0 Å². The van der Waals surface area contributed by atoms with Gasteiger partial charge in [-0.2, -0.15) is 0 Å². The van der Waals surface area contributed by atoms with Gasteiger partial charge in [-0.1, -0.05) is 90.1 Å². The number of hydrogen-bond acceptors (Lipinski definition) is 33. The van der Waals surface area contributed by atoms with Crippen molar-refractivity contribution >= 4 is 43.2 Å². The number of methoxy groups -OCH3 is 3. The summed E-state index contributed by atoms with van der Waals surface area (Å²) in [6.07, 6.45) is -8.00. The number of aliphatic hydroxyl groups excluding tert-OH is 4. The van der Waals surface area contributed by atoms with Gasteiger partial charge in [0.25, 0.3) is 0 Å². The summed E-state index contributed by atoms with van der Waals surface area (Å²) in [6.45, 7) is 34.4. The van der Waals surface area contributed by atoms with E-state index in [0.717, 1.165) is 17.5 Å². The Bertz CT molecular complexity index is 4780. The van der Waals surface area contributed by atoms with Gasteiger partial charge in [0.15, 0.2) is 38.5 Å². The van der Waals surface area contributed by atoms with E-state index in [-0.39, 0.29) is 104 Å². The molecule has 0 aliphatic carbocycles. The molecule has 10 rings (SSSR count). The molecule has 6 N–H and O–H groups in total. The van der Waals surface area contributed by atoms with Crippen molar-refractivity contribution in [2.45, 2.75) is 394 Å². The van der Waals surface area contributed by atoms with Gasteiger partial charge in [-0.05, 0) is 170 Å². The van der Waals surface area contributed by atoms with Crippen molar-refractivity contribution < 1.29 is 128 Å². The molecule has 8 heterocycles. The van der Waals surface area contributed by atoms with Gasteiger partial charge in [-0.25, -0.2) is 21.5 Å². The average molecular weight is 1940 g/mol. The Morgan fingerprint density at radius 3 is 1.50 bits per heavy atom. The molecule has 0 spiro atoms. The molecular weight excluding hydrogens is 1790 g/mol. The molecule has 0 saturated carbocycles. The van der Waals surface area contributed by atoms with Crippen LogP contribution in [0.15, 0.2) is 70.7 Å². The minimum atomic E-state index is -3.63. The summed E-state index contributed by atoms with van der Waals surface area (Å²) >= 11 is 0. The second-order valence-electron chi connectivity index (χ2n) is 41.5. The van der Waals surface area contributed by atoms with E-state index in [4.69, 9.17) is 61.6 Å². The Balaban J connectivity index is 0.882. The molecule has 34 atom stereocenters. The highest BCUT2D eigenvalue weighted by Gasteiger charge is 2.58. The number of ether oxygens (including phenoxy) is 13. The van der Waals surface area contributed by atoms with Crippen molar-refractivity contribution in [1.29, 1.82) is 0 Å². The van der Waals surface area contributed by atoms with Crippen molar-refractivity contribution in [1.82, 2.24) is 39.8 Å². The third-order valence-corrected chi connectivity index (χ3v) is 33.2. The second kappa shape index (κ2) is 45.6. The zero-order chi connectivity index (χ0) is 100. The number of carbonyl (C=O) groups excluding carboxylic acids is 4. The summed E-state index contributed by atoms with van der Waals surface area (Å²) < 4.78 is 141. The number of esters is 2. The van der Waals surface area contributed by atoms with Crippen LogP contribution in [0.4, 0.5) is 0 Å². The molecule has 0 bridgehead atoms. The normalized spacial score (nSPS) is 39.4. The van der Waals surface area contributed by atoms with Crippen LogP contribution >= 0.6 is 0 Å². The van der Waals surface area contributed by atoms with Crippen LogP contribution in [0.1, 0.15) is 231 Å². The SMILES string of the molecule is CC[C@H]1OC(=O)[C@H](C)[C@@H](O[C@H]2C[C@@](C)(OCC(Cn3cc(CCN(C)[C@@H]4C[C@H](O[C@@H]5[C@@H](C)C([C@H]6C[C@@](C)(OC)[C@@H](O)[C@H](C)O6)[C@@H](C)C(=O)O[C@H](CC)[C@@](C)(O)[C@H](O)[C@@H](C)C(=O)[C@H](C)C[C@@]5(C)OC)O[C@H](C)C4)nn3)c3ccc(S(C)(=O)=O)cc3)[C@@H](O)[C@H](C)O2)[C@H](C)[C@@H](O[C@H]2C[C@@H](N(C)CCc3cn(Cc4ccc(S(C)(=O)=O)cc4)nn3)C[C@@H](C)O2)[C@](C)(OC)CCC(=O)[C@H](C)[C@@H](O)[C@]1(C)O. The maximum Gasteiger partial charge on any atom is 0.311 e. The number of ketones is 2. The van der Waals surface area contributed by atoms with E-state index in [2.05, 4.69) is 30.4 Å². The van der Waals surface area contributed by atoms with Crippen LogP contribution < -0.4 is 0 Å². The van der Waals surface area contributed by atoms with Gasteiger partial charge >= 0.3 is 11.9 Å². The van der Waals surface area contributed by atoms with Gasteiger partial charge in [-0.15, -0.1) is 10.2 Å². The molecule has 135 heavy (non-hydrogen) atoms. The quantitative estimate of drug-likeness (QED) is 0.0267. The molecule has 6 aliphatic rings. The summed E-state index contributed by atoms with van der Waals surface area (Å²) in [4.78, 5) is 64.0. The Kier molecular flexibility index (Phi) is 37.5. The number of nitrogens with zero attached hydrogens (tertiary/aromatic N) is 8. The zero-order valence-corrected chi connectivity index (χ0v) is 86.0. The number of aliphatic hydroxyl groups is 6. The van der Waals surface area contributed by atoms with Crippen molar-refractivity contribution in [2.24, 2.45) is 47.3 Å². The third-order valence-electron chi connectivity index (χ3n) is 30.9. The lowest BCUT2D eigenvalue weighted by atomic mass is 9.67. The first-order valence-electron chi connectivity index (χ1n) is 48.3. The molecule has 764 valence electrons. The van der Waals surface area contributed by atoms with E-state index in [1.165, 1.54) is 53.4 Å². The number of carbonyl (C=O) groups is 4. The minimum absolute atomic E-state index is 0.0473. The molecular formula is C98H158N8O27S2. The number of benzene rings is 2. The van der Waals surface area contributed by atoms with Crippen LogP contribution in [0, 0.1) is 47.3 Å². The van der Waals surface area contributed by atoms with Gasteiger partial charge in [0, 0.05) is 152 Å². The van der Waals surface area contributed by atoms with Crippen molar-refractivity contribution in [3.63, 3.8) is 0 Å². The highest BCUT2D eigenvalue weighted by molar-refractivity contribution is 7.91. The number of cyclic esters (lactones) is 2. The van der Waals surface area contributed by atoms with E-state index < -0.39 is 211 Å². The van der Waals surface area contributed by atoms with Crippen LogP contribution in [0.3, 0.4) is 0 Å². The molecule has 6 aliphatic heterocycles. The van der Waals surface area contributed by atoms with Gasteiger partial charge < -0.3 is 102 Å². The third kappa shape index (κ3) is 26.4. The predicted octanol–water partition coefficient (Wildman–Crippen LogP) is 8.40. The molecule has 2 aromatic heterocycles. The first-order chi connectivity index (χ1) is 63.0. The van der Waals surface area contributed by atoms with Gasteiger partial charge in [0.05, 0.1) is 136 Å². The Morgan fingerprint density at radius 2 is 0.993 bits per heavy atom. The molecule has 4 aromatic rings. The lowest BCUT2D eigenvalue weighted by molar-refractivity contribution is -0.312. The largest absolute Gasteiger partial charge is 0.459 e. The van der Waals surface area contributed by atoms with Crippen molar-refractivity contribution in [3.8, 4) is 0 Å². The van der Waals surface area contributed by atoms with Crippen molar-refractivity contribution in [3.05, 3.63) is 83.4 Å². The zero-order valence-electron chi connectivity index (χ0n) is 84.3. The molecule has 6 fully saturated rings. The fourth-order valence-corrected chi connectivity index (χ4v) is 23.0. The summed E-state index contributed by atoms with van der Waals surface area (Å²) in [5, 5.41) is 90.1. The van der Waals surface area contributed by atoms with Crippen LogP contribution in [0.25, 0.3) is 0 Å². The Labute approximate surface area is 799 Å². The average Bonchev–Trinajstić information content (AvgIpc) is 1.16. The smallest absolute Gasteiger partial charge is 0.311 e. The van der Waals surface area contributed by atoms with Crippen LogP contribution in [0.5, 0.6) is 0 Å². The fraction of sp³-hybridized carbons (Fsp3) is 0.796. The molecule has 0 radical (unpaired) electrons. The van der Waals surface area contributed by atoms with Gasteiger partial charge in [0.2, 0.25) is 0 Å². The maximum atomic E-state index is 15.2. The lowest BCUT2D eigenvalue weighted by Crippen LogP contribution is -2.61. The number of rotatable bonds is 30. The summed E-state index contributed by atoms with van der Waals surface area (Å²) in [5.74, 6) is -10.0. The topological polar surface area (TPSA) is 446 Å². The fourth-order valence-electron chi connectivity index (χ4n) is 21.7. The second-order valence-corrected chi connectivity index (χ2v) is 45.6. The van der Waals surface area contributed by atoms with Crippen LogP contribution in [-0.2, 0) is 126 Å². The van der Waals surface area contributed by atoms with Gasteiger partial charge in [0.1, 0.15) is 47.2 Å². The number of aromatic nitrogens is 6. The highest BCUT2D eigenvalue weighted by Crippen LogP contribution is 2.48. The first-order valence-corrected chi connectivity index (χ1v) is 52.1. The predicted molar refractivity (Wildman–Crippen MR) is 499 cm³/mol. The number of hydrogen-bond donors (Lipinski definition) is 6. The molecule has 6 saturated heterocycles. The summed E-state index contributed by atoms with van der Waals surface area (Å²) in [5.41, 5.74) is -6.37. The number of sulfone groups is 2. The van der Waals surface area contributed by atoms with Gasteiger partial charge in [-0.3, -0.25) is 23.9 Å². The van der Waals surface area contributed by atoms with E-state index in [9.17, 15) is 61.9 Å². The maximum absolute atomic E-state index is 15.2.